The fourth-order valence-electron chi connectivity index (χ4n) is 2.34. The Bertz CT molecular complexity index is 743. The van der Waals surface area contributed by atoms with E-state index in [1.54, 1.807) is 17.7 Å². The summed E-state index contributed by atoms with van der Waals surface area (Å²) >= 11 is 0. The maximum atomic E-state index is 13.1. The van der Waals surface area contributed by atoms with Gasteiger partial charge in [0.15, 0.2) is 0 Å². The van der Waals surface area contributed by atoms with Crippen molar-refractivity contribution in [3.05, 3.63) is 35.9 Å². The fourth-order valence-corrected chi connectivity index (χ4v) is 2.34. The van der Waals surface area contributed by atoms with Crippen LogP contribution in [-0.4, -0.2) is 26.6 Å². The van der Waals surface area contributed by atoms with Crippen LogP contribution >= 0.6 is 0 Å². The first-order valence-corrected chi connectivity index (χ1v) is 6.79. The summed E-state index contributed by atoms with van der Waals surface area (Å²) in [6.07, 6.45) is -0.0132. The smallest absolute Gasteiger partial charge is 0.232 e. The number of nitrogens with one attached hydrogen (secondary N) is 2. The van der Waals surface area contributed by atoms with Crippen LogP contribution < -0.4 is 10.6 Å². The Morgan fingerprint density at radius 1 is 1.55 bits per heavy atom. The summed E-state index contributed by atoms with van der Waals surface area (Å²) in [7, 11) is 0. The van der Waals surface area contributed by atoms with Crippen molar-refractivity contribution in [1.29, 1.82) is 0 Å². The number of nitrogens with zero attached hydrogens (tertiary/aromatic N) is 3. The molecule has 0 radical (unpaired) electrons. The summed E-state index contributed by atoms with van der Waals surface area (Å²) in [5, 5.41) is 9.34. The fraction of sp³-hybridized carbons (Fsp3) is 0.286. The minimum absolute atomic E-state index is 0.0132. The summed E-state index contributed by atoms with van der Waals surface area (Å²) < 4.78 is 14.6. The summed E-state index contributed by atoms with van der Waals surface area (Å²) in [6.45, 7) is 2.02. The third-order valence-corrected chi connectivity index (χ3v) is 3.32. The maximum Gasteiger partial charge on any atom is 0.232 e. The van der Waals surface area contributed by atoms with Gasteiger partial charge in [0, 0.05) is 12.1 Å². The van der Waals surface area contributed by atoms with E-state index in [9.17, 15) is 14.0 Å². The Balaban J connectivity index is 1.65. The van der Waals surface area contributed by atoms with Gasteiger partial charge in [-0.3, -0.25) is 14.9 Å². The lowest BCUT2D eigenvalue weighted by atomic mass is 10.0. The largest absolute Gasteiger partial charge is 0.326 e. The number of carbonyl (C=O) groups is 2. The third kappa shape index (κ3) is 2.95. The molecule has 114 valence electrons. The van der Waals surface area contributed by atoms with Gasteiger partial charge in [-0.05, 0) is 25.1 Å². The van der Waals surface area contributed by atoms with Crippen molar-refractivity contribution < 1.29 is 14.0 Å². The zero-order valence-corrected chi connectivity index (χ0v) is 11.8. The number of hydrogen-bond donors (Lipinski definition) is 2. The molecule has 0 fully saturated rings. The quantitative estimate of drug-likeness (QED) is 0.895. The second-order valence-corrected chi connectivity index (χ2v) is 5.11. The molecule has 0 saturated carbocycles. The van der Waals surface area contributed by atoms with Crippen molar-refractivity contribution in [3.63, 3.8) is 0 Å². The SMILES string of the molecule is Cc1nc2n(n1)C[C@@H](CC(=O)Nc1cccc(F)c1)C(=O)N2. The Hall–Kier alpha value is -2.77. The van der Waals surface area contributed by atoms with Crippen LogP contribution in [0.3, 0.4) is 0 Å². The monoisotopic (exact) mass is 303 g/mol. The number of fused-ring (bicyclic) bond motifs is 1. The molecule has 0 spiro atoms. The average molecular weight is 303 g/mol. The van der Waals surface area contributed by atoms with Gasteiger partial charge in [-0.15, -0.1) is 0 Å². The second kappa shape index (κ2) is 5.55. The Kier molecular flexibility index (Phi) is 3.58. The van der Waals surface area contributed by atoms with Crippen molar-refractivity contribution in [2.45, 2.75) is 19.9 Å². The lowest BCUT2D eigenvalue weighted by molar-refractivity contribution is -0.125. The molecule has 0 unspecified atom stereocenters. The van der Waals surface area contributed by atoms with Crippen LogP contribution in [0.4, 0.5) is 16.0 Å². The minimum Gasteiger partial charge on any atom is -0.326 e. The van der Waals surface area contributed by atoms with E-state index in [0.717, 1.165) is 0 Å². The van der Waals surface area contributed by atoms with Crippen LogP contribution in [-0.2, 0) is 16.1 Å². The zero-order chi connectivity index (χ0) is 15.7. The number of carbonyl (C=O) groups excluding carboxylic acids is 2. The van der Waals surface area contributed by atoms with Crippen LogP contribution in [0.25, 0.3) is 0 Å². The van der Waals surface area contributed by atoms with E-state index in [4.69, 9.17) is 0 Å². The van der Waals surface area contributed by atoms with Gasteiger partial charge < -0.3 is 5.32 Å². The van der Waals surface area contributed by atoms with Crippen molar-refractivity contribution >= 4 is 23.5 Å². The molecule has 2 amide bonds. The molecule has 3 rings (SSSR count). The average Bonchev–Trinajstić information content (AvgIpc) is 2.78. The van der Waals surface area contributed by atoms with Gasteiger partial charge in [-0.2, -0.15) is 10.1 Å². The summed E-state index contributed by atoms with van der Waals surface area (Å²) in [6, 6.07) is 5.60. The van der Waals surface area contributed by atoms with Gasteiger partial charge in [0.2, 0.25) is 17.8 Å². The molecule has 1 aliphatic heterocycles. The minimum atomic E-state index is -0.540. The maximum absolute atomic E-state index is 13.1. The van der Waals surface area contributed by atoms with E-state index in [0.29, 0.717) is 24.0 Å². The van der Waals surface area contributed by atoms with Gasteiger partial charge in [0.25, 0.3) is 0 Å². The molecule has 0 aliphatic carbocycles. The molecule has 2 N–H and O–H groups in total. The predicted molar refractivity (Wildman–Crippen MR) is 76.5 cm³/mol. The molecule has 1 aromatic heterocycles. The normalized spacial score (nSPS) is 16.8. The summed E-state index contributed by atoms with van der Waals surface area (Å²) in [5.41, 5.74) is 0.360. The first-order chi connectivity index (χ1) is 10.5. The molecule has 1 atom stereocenters. The standard InChI is InChI=1S/C14H14FN5O2/c1-8-16-14-18-13(22)9(7-20(14)19-8)5-12(21)17-11-4-2-3-10(15)6-11/h2-4,6,9H,5,7H2,1H3,(H,17,21)(H,16,18,19,22)/t9-/m1/s1. The molecule has 22 heavy (non-hydrogen) atoms. The Morgan fingerprint density at radius 2 is 2.36 bits per heavy atom. The highest BCUT2D eigenvalue weighted by Crippen LogP contribution is 2.20. The second-order valence-electron chi connectivity index (χ2n) is 5.11. The van der Waals surface area contributed by atoms with E-state index >= 15 is 0 Å². The lowest BCUT2D eigenvalue weighted by Gasteiger charge is -2.21. The number of rotatable bonds is 3. The number of aromatic nitrogens is 3. The molecule has 0 saturated heterocycles. The third-order valence-electron chi connectivity index (χ3n) is 3.32. The van der Waals surface area contributed by atoms with E-state index < -0.39 is 11.7 Å². The summed E-state index contributed by atoms with van der Waals surface area (Å²) in [5.74, 6) is -0.650. The molecule has 7 nitrogen and oxygen atoms in total. The Morgan fingerprint density at radius 3 is 3.14 bits per heavy atom. The highest BCUT2D eigenvalue weighted by molar-refractivity contribution is 5.98. The van der Waals surface area contributed by atoms with E-state index in [-0.39, 0.29) is 18.2 Å². The highest BCUT2D eigenvalue weighted by Gasteiger charge is 2.29. The molecule has 1 aliphatic rings. The molecule has 0 bridgehead atoms. The number of halogens is 1. The van der Waals surface area contributed by atoms with Crippen molar-refractivity contribution in [2.75, 3.05) is 10.6 Å². The highest BCUT2D eigenvalue weighted by atomic mass is 19.1. The van der Waals surface area contributed by atoms with E-state index in [1.165, 1.54) is 18.2 Å². The molecular weight excluding hydrogens is 289 g/mol. The summed E-state index contributed by atoms with van der Waals surface area (Å²) in [4.78, 5) is 28.0. The first-order valence-electron chi connectivity index (χ1n) is 6.79. The Labute approximate surface area is 125 Å². The van der Waals surface area contributed by atoms with Crippen LogP contribution in [0, 0.1) is 18.7 Å². The number of benzene rings is 1. The van der Waals surface area contributed by atoms with E-state index in [1.807, 2.05) is 0 Å². The van der Waals surface area contributed by atoms with Crippen molar-refractivity contribution in [3.8, 4) is 0 Å². The van der Waals surface area contributed by atoms with Crippen LogP contribution in [0.15, 0.2) is 24.3 Å². The van der Waals surface area contributed by atoms with E-state index in [2.05, 4.69) is 20.7 Å². The van der Waals surface area contributed by atoms with Gasteiger partial charge in [0.1, 0.15) is 11.6 Å². The number of amides is 2. The first kappa shape index (κ1) is 14.2. The van der Waals surface area contributed by atoms with Crippen LogP contribution in [0.5, 0.6) is 0 Å². The topological polar surface area (TPSA) is 88.9 Å². The van der Waals surface area contributed by atoms with Gasteiger partial charge in [-0.1, -0.05) is 6.07 Å². The number of hydrogen-bond acceptors (Lipinski definition) is 4. The predicted octanol–water partition coefficient (Wildman–Crippen LogP) is 1.32. The number of anilines is 2. The lowest BCUT2D eigenvalue weighted by Crippen LogP contribution is -2.36. The van der Waals surface area contributed by atoms with Crippen molar-refractivity contribution in [1.82, 2.24) is 14.8 Å². The van der Waals surface area contributed by atoms with Gasteiger partial charge >= 0.3 is 0 Å². The molecule has 8 heteroatoms. The van der Waals surface area contributed by atoms with Crippen molar-refractivity contribution in [2.24, 2.45) is 5.92 Å². The molecule has 2 heterocycles. The zero-order valence-electron chi connectivity index (χ0n) is 11.8. The number of aryl methyl sites for hydroxylation is 1. The van der Waals surface area contributed by atoms with Crippen LogP contribution in [0.2, 0.25) is 0 Å². The molecule has 2 aromatic rings. The molecular formula is C14H14FN5O2. The van der Waals surface area contributed by atoms with Gasteiger partial charge in [0.05, 0.1) is 12.5 Å². The van der Waals surface area contributed by atoms with Gasteiger partial charge in [-0.25, -0.2) is 9.07 Å². The molecule has 1 aromatic carbocycles. The van der Waals surface area contributed by atoms with Crippen LogP contribution in [0.1, 0.15) is 12.2 Å².